The lowest BCUT2D eigenvalue weighted by Crippen LogP contribution is -2.48. The number of rotatable bonds is 9. The molecule has 0 spiro atoms. The third-order valence-corrected chi connectivity index (χ3v) is 4.73. The molecule has 1 unspecified atom stereocenters. The lowest BCUT2D eigenvalue weighted by atomic mass is 10.1. The van der Waals surface area contributed by atoms with Gasteiger partial charge in [0.15, 0.2) is 5.96 Å². The van der Waals surface area contributed by atoms with Gasteiger partial charge < -0.3 is 20.4 Å². The summed E-state index contributed by atoms with van der Waals surface area (Å²) in [6.07, 6.45) is 5.76. The Kier molecular flexibility index (Phi) is 10.5. The van der Waals surface area contributed by atoms with Crippen LogP contribution < -0.4 is 10.6 Å². The zero-order valence-corrected chi connectivity index (χ0v) is 16.1. The van der Waals surface area contributed by atoms with E-state index >= 15 is 0 Å². The fraction of sp³-hybridized carbons (Fsp3) is 0.889. The fourth-order valence-electron chi connectivity index (χ4n) is 3.08. The van der Waals surface area contributed by atoms with Crippen molar-refractivity contribution in [3.8, 4) is 0 Å². The van der Waals surface area contributed by atoms with Crippen LogP contribution in [0.1, 0.15) is 52.9 Å². The number of hydrogen-bond donors (Lipinski definition) is 2. The second-order valence-electron chi connectivity index (χ2n) is 6.58. The molecular weight excluding hydrogens is 302 g/mol. The largest absolute Gasteiger partial charge is 0.354 e. The van der Waals surface area contributed by atoms with Crippen molar-refractivity contribution in [2.75, 3.05) is 46.3 Å². The molecule has 24 heavy (non-hydrogen) atoms. The van der Waals surface area contributed by atoms with Crippen molar-refractivity contribution in [3.05, 3.63) is 0 Å². The summed E-state index contributed by atoms with van der Waals surface area (Å²) in [7, 11) is 1.75. The molecule has 0 aromatic heterocycles. The normalized spacial score (nSPS) is 17.0. The third kappa shape index (κ3) is 7.99. The second-order valence-corrected chi connectivity index (χ2v) is 6.58. The van der Waals surface area contributed by atoms with Gasteiger partial charge in [0.2, 0.25) is 5.91 Å². The summed E-state index contributed by atoms with van der Waals surface area (Å²) in [5.41, 5.74) is 0. The number of nitrogens with one attached hydrogen (secondary N) is 2. The zero-order chi connectivity index (χ0) is 17.8. The predicted molar refractivity (Wildman–Crippen MR) is 101 cm³/mol. The van der Waals surface area contributed by atoms with Crippen LogP contribution in [0.2, 0.25) is 0 Å². The summed E-state index contributed by atoms with van der Waals surface area (Å²) in [6, 6.07) is 0.344. The maximum Gasteiger partial charge on any atom is 0.241 e. The van der Waals surface area contributed by atoms with Crippen LogP contribution in [0.3, 0.4) is 0 Å². The van der Waals surface area contributed by atoms with Gasteiger partial charge in [0, 0.05) is 26.2 Å². The molecule has 6 heteroatoms. The van der Waals surface area contributed by atoms with Gasteiger partial charge >= 0.3 is 0 Å². The Bertz CT molecular complexity index is 376. The van der Waals surface area contributed by atoms with Crippen LogP contribution >= 0.6 is 0 Å². The number of hydrogen-bond acceptors (Lipinski definition) is 3. The number of piperidine rings is 1. The topological polar surface area (TPSA) is 60.0 Å². The van der Waals surface area contributed by atoms with Crippen LogP contribution in [0.4, 0.5) is 0 Å². The van der Waals surface area contributed by atoms with Crippen molar-refractivity contribution in [2.24, 2.45) is 4.99 Å². The first kappa shape index (κ1) is 20.7. The minimum Gasteiger partial charge on any atom is -0.354 e. The Labute approximate surface area is 148 Å². The standard InChI is InChI=1S/C18H37N5O/c1-5-22(6-2)12-10-11-16(3)21-18(19-4)20-15-17(24)23-13-8-7-9-14-23/h16H,5-15H2,1-4H3,(H2,19,20,21). The molecule has 0 aromatic rings. The maximum absolute atomic E-state index is 12.2. The molecule has 1 atom stereocenters. The summed E-state index contributed by atoms with van der Waals surface area (Å²) in [4.78, 5) is 20.8. The van der Waals surface area contributed by atoms with E-state index in [1.54, 1.807) is 7.05 Å². The van der Waals surface area contributed by atoms with Crippen LogP contribution in [-0.2, 0) is 4.79 Å². The molecule has 1 aliphatic rings. The Morgan fingerprint density at radius 1 is 1.21 bits per heavy atom. The zero-order valence-electron chi connectivity index (χ0n) is 16.1. The summed E-state index contributed by atoms with van der Waals surface area (Å²) in [5.74, 6) is 0.891. The molecule has 140 valence electrons. The highest BCUT2D eigenvalue weighted by atomic mass is 16.2. The Morgan fingerprint density at radius 3 is 2.46 bits per heavy atom. The van der Waals surface area contributed by atoms with E-state index in [1.165, 1.54) is 12.8 Å². The van der Waals surface area contributed by atoms with Crippen molar-refractivity contribution in [1.82, 2.24) is 20.4 Å². The van der Waals surface area contributed by atoms with Crippen molar-refractivity contribution in [3.63, 3.8) is 0 Å². The third-order valence-electron chi connectivity index (χ3n) is 4.73. The van der Waals surface area contributed by atoms with E-state index in [1.807, 2.05) is 4.90 Å². The van der Waals surface area contributed by atoms with E-state index < -0.39 is 0 Å². The first-order chi connectivity index (χ1) is 11.6. The molecule has 1 aliphatic heterocycles. The van der Waals surface area contributed by atoms with Crippen LogP contribution in [0, 0.1) is 0 Å². The highest BCUT2D eigenvalue weighted by molar-refractivity contribution is 5.86. The lowest BCUT2D eigenvalue weighted by Gasteiger charge is -2.27. The number of amides is 1. The van der Waals surface area contributed by atoms with Gasteiger partial charge in [-0.2, -0.15) is 0 Å². The van der Waals surface area contributed by atoms with Crippen LogP contribution in [0.25, 0.3) is 0 Å². The molecule has 1 fully saturated rings. The maximum atomic E-state index is 12.2. The number of carbonyl (C=O) groups excluding carboxylic acids is 1. The van der Waals surface area contributed by atoms with Gasteiger partial charge in [0.25, 0.3) is 0 Å². The quantitative estimate of drug-likeness (QED) is 0.496. The number of nitrogens with zero attached hydrogens (tertiary/aromatic N) is 3. The van der Waals surface area contributed by atoms with E-state index in [4.69, 9.17) is 0 Å². The van der Waals surface area contributed by atoms with Crippen molar-refractivity contribution in [1.29, 1.82) is 0 Å². The second kappa shape index (κ2) is 12.1. The molecule has 0 bridgehead atoms. The van der Waals surface area contributed by atoms with Crippen molar-refractivity contribution >= 4 is 11.9 Å². The molecule has 1 amide bonds. The number of likely N-dealkylation sites (tertiary alicyclic amines) is 1. The van der Waals surface area contributed by atoms with E-state index in [0.29, 0.717) is 12.6 Å². The van der Waals surface area contributed by atoms with Gasteiger partial charge in [0.1, 0.15) is 0 Å². The van der Waals surface area contributed by atoms with E-state index in [9.17, 15) is 4.79 Å². The van der Waals surface area contributed by atoms with Gasteiger partial charge in [-0.15, -0.1) is 0 Å². The summed E-state index contributed by atoms with van der Waals surface area (Å²) >= 11 is 0. The molecule has 1 rings (SSSR count). The van der Waals surface area contributed by atoms with Gasteiger partial charge in [-0.05, 0) is 58.7 Å². The average Bonchev–Trinajstić information content (AvgIpc) is 2.62. The van der Waals surface area contributed by atoms with E-state index in [2.05, 4.69) is 41.3 Å². The smallest absolute Gasteiger partial charge is 0.241 e. The molecule has 0 saturated carbocycles. The predicted octanol–water partition coefficient (Wildman–Crippen LogP) is 1.67. The monoisotopic (exact) mass is 339 g/mol. The molecular formula is C18H37N5O. The van der Waals surface area contributed by atoms with Gasteiger partial charge in [-0.3, -0.25) is 9.79 Å². The summed E-state index contributed by atoms with van der Waals surface area (Å²) in [6.45, 7) is 12.1. The van der Waals surface area contributed by atoms with Crippen molar-refractivity contribution < 1.29 is 4.79 Å². The van der Waals surface area contributed by atoms with Gasteiger partial charge in [-0.25, -0.2) is 0 Å². The minimum absolute atomic E-state index is 0.173. The average molecular weight is 340 g/mol. The number of carbonyl (C=O) groups is 1. The summed E-state index contributed by atoms with van der Waals surface area (Å²) in [5, 5.41) is 6.54. The SMILES string of the molecule is CCN(CC)CCCC(C)NC(=NC)NCC(=O)N1CCCCC1. The first-order valence-electron chi connectivity index (χ1n) is 9.58. The fourth-order valence-corrected chi connectivity index (χ4v) is 3.08. The van der Waals surface area contributed by atoms with Crippen LogP contribution in [0.15, 0.2) is 4.99 Å². The van der Waals surface area contributed by atoms with E-state index in [0.717, 1.165) is 57.9 Å². The number of aliphatic imine (C=N–C) groups is 1. The van der Waals surface area contributed by atoms with Gasteiger partial charge in [-0.1, -0.05) is 13.8 Å². The van der Waals surface area contributed by atoms with Gasteiger partial charge in [0.05, 0.1) is 6.54 Å². The molecule has 0 aromatic carbocycles. The Balaban J connectivity index is 2.24. The van der Waals surface area contributed by atoms with Crippen molar-refractivity contribution in [2.45, 2.75) is 58.9 Å². The van der Waals surface area contributed by atoms with E-state index in [-0.39, 0.29) is 5.91 Å². The highest BCUT2D eigenvalue weighted by Crippen LogP contribution is 2.08. The highest BCUT2D eigenvalue weighted by Gasteiger charge is 2.16. The van der Waals surface area contributed by atoms with Crippen LogP contribution in [0.5, 0.6) is 0 Å². The van der Waals surface area contributed by atoms with Crippen LogP contribution in [-0.4, -0.2) is 74.0 Å². The lowest BCUT2D eigenvalue weighted by molar-refractivity contribution is -0.130. The Morgan fingerprint density at radius 2 is 1.88 bits per heavy atom. The number of guanidine groups is 1. The molecule has 2 N–H and O–H groups in total. The minimum atomic E-state index is 0.173. The molecule has 6 nitrogen and oxygen atoms in total. The first-order valence-corrected chi connectivity index (χ1v) is 9.58. The molecule has 1 saturated heterocycles. The summed E-state index contributed by atoms with van der Waals surface area (Å²) < 4.78 is 0. The Hall–Kier alpha value is -1.30. The molecule has 0 radical (unpaired) electrons. The molecule has 0 aliphatic carbocycles. The molecule has 1 heterocycles.